The van der Waals surface area contributed by atoms with Crippen molar-refractivity contribution in [1.82, 2.24) is 5.43 Å². The summed E-state index contributed by atoms with van der Waals surface area (Å²) < 4.78 is 5.25. The number of primary amides is 1. The summed E-state index contributed by atoms with van der Waals surface area (Å²) in [5, 5.41) is 3.51. The summed E-state index contributed by atoms with van der Waals surface area (Å²) >= 11 is 0. The van der Waals surface area contributed by atoms with Crippen LogP contribution in [0.3, 0.4) is 0 Å². The van der Waals surface area contributed by atoms with E-state index in [1.165, 1.54) is 6.21 Å². The Morgan fingerprint density at radius 3 is 2.86 bits per heavy atom. The average molecular weight is 193 g/mol. The molecule has 0 aliphatic heterocycles. The zero-order valence-electron chi connectivity index (χ0n) is 7.51. The molecule has 0 aliphatic carbocycles. The Balaban J connectivity index is 2.22. The summed E-state index contributed by atoms with van der Waals surface area (Å²) in [7, 11) is 0. The number of rotatable bonds is 4. The predicted molar refractivity (Wildman–Crippen MR) is 53.1 cm³/mol. The lowest BCUT2D eigenvalue weighted by atomic mass is 10.3. The fourth-order valence-electron chi connectivity index (χ4n) is 0.797. The molecule has 1 aromatic carbocycles. The summed E-state index contributed by atoms with van der Waals surface area (Å²) in [5.74, 6) is 0.748. The standard InChI is InChI=1S/C9H11N3O2/c10-9(13)12-11-6-7-14-8-4-2-1-3-5-8/h1-6H,7H2,(H3,10,12,13)/b11-6+. The van der Waals surface area contributed by atoms with Gasteiger partial charge in [0, 0.05) is 0 Å². The smallest absolute Gasteiger partial charge is 0.332 e. The first-order valence-corrected chi connectivity index (χ1v) is 4.04. The number of hydrazone groups is 1. The highest BCUT2D eigenvalue weighted by Crippen LogP contribution is 2.06. The van der Waals surface area contributed by atoms with Crippen LogP contribution >= 0.6 is 0 Å². The molecule has 5 heteroatoms. The molecule has 0 aliphatic rings. The van der Waals surface area contributed by atoms with Gasteiger partial charge in [0.25, 0.3) is 0 Å². The van der Waals surface area contributed by atoms with Gasteiger partial charge in [0.05, 0.1) is 6.21 Å². The molecule has 0 aromatic heterocycles. The highest BCUT2D eigenvalue weighted by Gasteiger charge is 1.88. The third-order valence-corrected chi connectivity index (χ3v) is 1.33. The quantitative estimate of drug-likeness (QED) is 0.546. The van der Waals surface area contributed by atoms with Crippen LogP contribution in [0.1, 0.15) is 0 Å². The fourth-order valence-corrected chi connectivity index (χ4v) is 0.797. The van der Waals surface area contributed by atoms with Gasteiger partial charge >= 0.3 is 6.03 Å². The van der Waals surface area contributed by atoms with Crippen LogP contribution in [0.25, 0.3) is 0 Å². The van der Waals surface area contributed by atoms with Gasteiger partial charge in [-0.1, -0.05) is 18.2 Å². The minimum absolute atomic E-state index is 0.282. The Labute approximate surface area is 81.6 Å². The van der Waals surface area contributed by atoms with E-state index in [0.29, 0.717) is 0 Å². The van der Waals surface area contributed by atoms with E-state index < -0.39 is 6.03 Å². The summed E-state index contributed by atoms with van der Waals surface area (Å²) in [4.78, 5) is 10.2. The van der Waals surface area contributed by atoms with Crippen molar-refractivity contribution in [2.45, 2.75) is 0 Å². The fraction of sp³-hybridized carbons (Fsp3) is 0.111. The first-order chi connectivity index (χ1) is 6.79. The second-order valence-corrected chi connectivity index (χ2v) is 2.41. The number of benzene rings is 1. The number of urea groups is 1. The highest BCUT2D eigenvalue weighted by molar-refractivity contribution is 5.72. The number of hydrogen-bond acceptors (Lipinski definition) is 3. The third kappa shape index (κ3) is 4.10. The molecule has 0 unspecified atom stereocenters. The second kappa shape index (κ2) is 5.58. The molecule has 74 valence electrons. The van der Waals surface area contributed by atoms with Gasteiger partial charge in [-0.05, 0) is 12.1 Å². The van der Waals surface area contributed by atoms with Crippen molar-refractivity contribution >= 4 is 12.2 Å². The van der Waals surface area contributed by atoms with Crippen LogP contribution in [-0.2, 0) is 0 Å². The van der Waals surface area contributed by atoms with Crippen LogP contribution in [0.15, 0.2) is 35.4 Å². The van der Waals surface area contributed by atoms with Gasteiger partial charge in [-0.3, -0.25) is 0 Å². The maximum Gasteiger partial charge on any atom is 0.332 e. The lowest BCUT2D eigenvalue weighted by Crippen LogP contribution is -2.24. The lowest BCUT2D eigenvalue weighted by Gasteiger charge is -2.00. The molecule has 5 nitrogen and oxygen atoms in total. The molecule has 2 amide bonds. The van der Waals surface area contributed by atoms with Crippen LogP contribution in [0.4, 0.5) is 4.79 Å². The van der Waals surface area contributed by atoms with Crippen LogP contribution in [0, 0.1) is 0 Å². The Hall–Kier alpha value is -2.04. The molecule has 0 fully saturated rings. The Bertz CT molecular complexity index is 311. The molecule has 1 rings (SSSR count). The monoisotopic (exact) mass is 193 g/mol. The van der Waals surface area contributed by atoms with Gasteiger partial charge in [-0.2, -0.15) is 5.10 Å². The molecule has 0 bridgehead atoms. The molecule has 3 N–H and O–H groups in total. The van der Waals surface area contributed by atoms with E-state index in [1.54, 1.807) is 0 Å². The summed E-state index contributed by atoms with van der Waals surface area (Å²) in [6, 6.07) is 8.60. The molecule has 0 saturated heterocycles. The number of para-hydroxylation sites is 1. The number of amides is 2. The topological polar surface area (TPSA) is 76.7 Å². The van der Waals surface area contributed by atoms with Crippen LogP contribution in [0.2, 0.25) is 0 Å². The van der Waals surface area contributed by atoms with Crippen molar-refractivity contribution in [3.63, 3.8) is 0 Å². The number of carbonyl (C=O) groups excluding carboxylic acids is 1. The number of nitrogens with one attached hydrogen (secondary N) is 1. The normalized spacial score (nSPS) is 10.0. The Morgan fingerprint density at radius 2 is 2.21 bits per heavy atom. The Morgan fingerprint density at radius 1 is 1.50 bits per heavy atom. The van der Waals surface area contributed by atoms with Crippen molar-refractivity contribution in [3.8, 4) is 5.75 Å². The number of nitrogens with two attached hydrogens (primary N) is 1. The largest absolute Gasteiger partial charge is 0.488 e. The van der Waals surface area contributed by atoms with E-state index >= 15 is 0 Å². The van der Waals surface area contributed by atoms with Gasteiger partial charge in [-0.25, -0.2) is 10.2 Å². The lowest BCUT2D eigenvalue weighted by molar-refractivity contribution is 0.249. The van der Waals surface area contributed by atoms with Gasteiger partial charge in [0.2, 0.25) is 0 Å². The maximum absolute atomic E-state index is 10.2. The zero-order valence-corrected chi connectivity index (χ0v) is 7.51. The van der Waals surface area contributed by atoms with Gasteiger partial charge in [-0.15, -0.1) is 0 Å². The minimum Gasteiger partial charge on any atom is -0.488 e. The number of hydrogen-bond donors (Lipinski definition) is 2. The van der Waals surface area contributed by atoms with Crippen molar-refractivity contribution in [1.29, 1.82) is 0 Å². The minimum atomic E-state index is -0.694. The molecule has 0 spiro atoms. The number of nitrogens with zero attached hydrogens (tertiary/aromatic N) is 1. The summed E-state index contributed by atoms with van der Waals surface area (Å²) in [5.41, 5.74) is 6.84. The molecular weight excluding hydrogens is 182 g/mol. The molecule has 0 saturated carbocycles. The molecule has 0 atom stereocenters. The highest BCUT2D eigenvalue weighted by atomic mass is 16.5. The molecule has 1 aromatic rings. The first kappa shape index (κ1) is 10.0. The average Bonchev–Trinajstić information content (AvgIpc) is 2.18. The van der Waals surface area contributed by atoms with Crippen molar-refractivity contribution in [3.05, 3.63) is 30.3 Å². The molecular formula is C9H11N3O2. The van der Waals surface area contributed by atoms with E-state index in [-0.39, 0.29) is 6.61 Å². The van der Waals surface area contributed by atoms with Crippen molar-refractivity contribution in [2.24, 2.45) is 10.8 Å². The molecule has 14 heavy (non-hydrogen) atoms. The number of ether oxygens (including phenoxy) is 1. The molecule has 0 radical (unpaired) electrons. The van der Waals surface area contributed by atoms with Crippen LogP contribution < -0.4 is 15.9 Å². The van der Waals surface area contributed by atoms with Crippen LogP contribution in [0.5, 0.6) is 5.75 Å². The third-order valence-electron chi connectivity index (χ3n) is 1.33. The van der Waals surface area contributed by atoms with Crippen molar-refractivity contribution < 1.29 is 9.53 Å². The van der Waals surface area contributed by atoms with Gasteiger partial charge < -0.3 is 10.5 Å². The second-order valence-electron chi connectivity index (χ2n) is 2.41. The zero-order chi connectivity index (χ0) is 10.2. The molecule has 0 heterocycles. The summed E-state index contributed by atoms with van der Waals surface area (Å²) in [6.45, 7) is 0.282. The first-order valence-electron chi connectivity index (χ1n) is 4.04. The van der Waals surface area contributed by atoms with E-state index in [4.69, 9.17) is 10.5 Å². The van der Waals surface area contributed by atoms with E-state index in [1.807, 2.05) is 30.3 Å². The van der Waals surface area contributed by atoms with E-state index in [0.717, 1.165) is 5.75 Å². The number of carbonyl (C=O) groups is 1. The van der Waals surface area contributed by atoms with Gasteiger partial charge in [0.15, 0.2) is 0 Å². The van der Waals surface area contributed by atoms with E-state index in [2.05, 4.69) is 10.5 Å². The van der Waals surface area contributed by atoms with E-state index in [9.17, 15) is 4.79 Å². The van der Waals surface area contributed by atoms with Crippen LogP contribution in [-0.4, -0.2) is 18.9 Å². The Kier molecular flexibility index (Phi) is 4.00. The SMILES string of the molecule is NC(=O)N/N=C/COc1ccccc1. The van der Waals surface area contributed by atoms with Gasteiger partial charge in [0.1, 0.15) is 12.4 Å². The maximum atomic E-state index is 10.2. The predicted octanol–water partition coefficient (Wildman–Crippen LogP) is 0.719. The summed E-state index contributed by atoms with van der Waals surface area (Å²) in [6.07, 6.45) is 1.41. The van der Waals surface area contributed by atoms with Crippen molar-refractivity contribution in [2.75, 3.05) is 6.61 Å².